The monoisotopic (exact) mass is 270 g/mol. The Bertz CT molecular complexity index is 388. The minimum Gasteiger partial charge on any atom is -0.481 e. The van der Waals surface area contributed by atoms with E-state index in [4.69, 9.17) is 9.84 Å². The second-order valence-electron chi connectivity index (χ2n) is 4.41. The van der Waals surface area contributed by atoms with Gasteiger partial charge in [0, 0.05) is 25.0 Å². The predicted molar refractivity (Wildman–Crippen MR) is 70.2 cm³/mol. The molecule has 1 saturated heterocycles. The maximum atomic E-state index is 10.5. The van der Waals surface area contributed by atoms with Crippen molar-refractivity contribution in [2.24, 2.45) is 0 Å². The average molecular weight is 270 g/mol. The highest BCUT2D eigenvalue weighted by atomic mass is 32.1. The van der Waals surface area contributed by atoms with Crippen LogP contribution in [-0.2, 0) is 16.0 Å². The van der Waals surface area contributed by atoms with Crippen molar-refractivity contribution in [3.8, 4) is 0 Å². The molecule has 100 valence electrons. The highest BCUT2D eigenvalue weighted by Gasteiger charge is 2.14. The zero-order valence-electron chi connectivity index (χ0n) is 10.2. The third-order valence-corrected chi connectivity index (χ3v) is 3.75. The van der Waals surface area contributed by atoms with E-state index in [0.717, 1.165) is 36.8 Å². The Balaban J connectivity index is 1.73. The zero-order valence-corrected chi connectivity index (χ0v) is 11.0. The van der Waals surface area contributed by atoms with Crippen LogP contribution in [0.3, 0.4) is 0 Å². The molecular formula is C12H18N2O3S. The molecule has 0 aromatic carbocycles. The van der Waals surface area contributed by atoms with Gasteiger partial charge in [-0.3, -0.25) is 4.79 Å². The Morgan fingerprint density at radius 3 is 3.22 bits per heavy atom. The first kappa shape index (κ1) is 13.3. The summed E-state index contributed by atoms with van der Waals surface area (Å²) >= 11 is 1.52. The van der Waals surface area contributed by atoms with Crippen LogP contribution in [0.5, 0.6) is 0 Å². The molecule has 6 heteroatoms. The van der Waals surface area contributed by atoms with Crippen LogP contribution in [0.2, 0.25) is 0 Å². The number of carboxylic acids is 1. The summed E-state index contributed by atoms with van der Waals surface area (Å²) in [6.45, 7) is 1.64. The quantitative estimate of drug-likeness (QED) is 0.828. The average Bonchev–Trinajstić information content (AvgIpc) is 2.83. The van der Waals surface area contributed by atoms with Crippen LogP contribution >= 0.6 is 11.3 Å². The summed E-state index contributed by atoms with van der Waals surface area (Å²) in [7, 11) is 0. The highest BCUT2D eigenvalue weighted by Crippen LogP contribution is 2.18. The number of aliphatic carboxylic acids is 1. The van der Waals surface area contributed by atoms with Gasteiger partial charge in [-0.2, -0.15) is 0 Å². The molecule has 1 fully saturated rings. The molecule has 5 nitrogen and oxygen atoms in total. The van der Waals surface area contributed by atoms with E-state index in [1.54, 1.807) is 0 Å². The van der Waals surface area contributed by atoms with E-state index in [1.165, 1.54) is 17.8 Å². The predicted octanol–water partition coefficient (Wildman–Crippen LogP) is 2.14. The fraction of sp³-hybridized carbons (Fsp3) is 0.667. The number of carboxylic acid groups (broad SMARTS) is 1. The summed E-state index contributed by atoms with van der Waals surface area (Å²) in [5.74, 6) is -0.784. The lowest BCUT2D eigenvalue weighted by molar-refractivity contribution is -0.136. The lowest BCUT2D eigenvalue weighted by Gasteiger charge is -2.22. The molecule has 1 atom stereocenters. The fourth-order valence-corrected chi connectivity index (χ4v) is 2.66. The second-order valence-corrected chi connectivity index (χ2v) is 5.27. The van der Waals surface area contributed by atoms with Gasteiger partial charge in [-0.05, 0) is 19.3 Å². The summed E-state index contributed by atoms with van der Waals surface area (Å²) in [5.41, 5.74) is 0.842. The molecule has 2 rings (SSSR count). The molecule has 0 radical (unpaired) electrons. The topological polar surface area (TPSA) is 71.5 Å². The normalized spacial score (nSPS) is 19.7. The molecule has 1 aliphatic rings. The largest absolute Gasteiger partial charge is 0.481 e. The molecule has 2 N–H and O–H groups in total. The molecule has 2 heterocycles. The summed E-state index contributed by atoms with van der Waals surface area (Å²) in [4.78, 5) is 14.8. The lowest BCUT2D eigenvalue weighted by Crippen LogP contribution is -2.26. The number of carbonyl (C=O) groups is 1. The van der Waals surface area contributed by atoms with Gasteiger partial charge in [0.2, 0.25) is 0 Å². The highest BCUT2D eigenvalue weighted by molar-refractivity contribution is 7.13. The smallest absolute Gasteiger partial charge is 0.303 e. The Kier molecular flexibility index (Phi) is 4.95. The van der Waals surface area contributed by atoms with Crippen LogP contribution in [0.1, 0.15) is 31.4 Å². The molecule has 1 aromatic rings. The molecule has 1 aromatic heterocycles. The Morgan fingerprint density at radius 2 is 2.50 bits per heavy atom. The van der Waals surface area contributed by atoms with Gasteiger partial charge in [0.1, 0.15) is 0 Å². The number of nitrogens with zero attached hydrogens (tertiary/aromatic N) is 1. The van der Waals surface area contributed by atoms with Crippen molar-refractivity contribution >= 4 is 22.4 Å². The molecule has 0 amide bonds. The van der Waals surface area contributed by atoms with Crippen molar-refractivity contribution in [1.29, 1.82) is 0 Å². The van der Waals surface area contributed by atoms with Gasteiger partial charge in [0.25, 0.3) is 0 Å². The van der Waals surface area contributed by atoms with Crippen molar-refractivity contribution in [1.82, 2.24) is 4.98 Å². The van der Waals surface area contributed by atoms with Crippen LogP contribution in [0.4, 0.5) is 5.13 Å². The number of ether oxygens (including phenoxy) is 1. The molecular weight excluding hydrogens is 252 g/mol. The van der Waals surface area contributed by atoms with Gasteiger partial charge in [0.15, 0.2) is 5.13 Å². The Labute approximate surface area is 110 Å². The standard InChI is InChI=1S/C12H18N2O3S/c15-11(16)5-4-9-8-18-12(14-9)13-7-10-3-1-2-6-17-10/h8,10H,1-7H2,(H,13,14)(H,15,16). The number of hydrogen-bond donors (Lipinski definition) is 2. The van der Waals surface area contributed by atoms with Crippen molar-refractivity contribution in [2.45, 2.75) is 38.2 Å². The van der Waals surface area contributed by atoms with Crippen LogP contribution in [0, 0.1) is 0 Å². The van der Waals surface area contributed by atoms with Crippen LogP contribution in [-0.4, -0.2) is 35.3 Å². The van der Waals surface area contributed by atoms with Crippen LogP contribution < -0.4 is 5.32 Å². The third kappa shape index (κ3) is 4.27. The van der Waals surface area contributed by atoms with E-state index in [0.29, 0.717) is 6.42 Å². The molecule has 1 unspecified atom stereocenters. The van der Waals surface area contributed by atoms with E-state index in [1.807, 2.05) is 5.38 Å². The van der Waals surface area contributed by atoms with Crippen LogP contribution in [0.15, 0.2) is 5.38 Å². The minimum absolute atomic E-state index is 0.134. The summed E-state index contributed by atoms with van der Waals surface area (Å²) in [5, 5.41) is 14.6. The first-order valence-corrected chi connectivity index (χ1v) is 7.13. The lowest BCUT2D eigenvalue weighted by atomic mass is 10.1. The number of nitrogens with one attached hydrogen (secondary N) is 1. The van der Waals surface area contributed by atoms with Gasteiger partial charge in [-0.15, -0.1) is 11.3 Å². The maximum Gasteiger partial charge on any atom is 0.303 e. The van der Waals surface area contributed by atoms with Gasteiger partial charge in [0.05, 0.1) is 18.2 Å². The van der Waals surface area contributed by atoms with E-state index in [2.05, 4.69) is 10.3 Å². The summed E-state index contributed by atoms with van der Waals surface area (Å²) in [6, 6.07) is 0. The van der Waals surface area contributed by atoms with Crippen molar-refractivity contribution in [3.63, 3.8) is 0 Å². The summed E-state index contributed by atoms with van der Waals surface area (Å²) in [6.07, 6.45) is 4.40. The number of hydrogen-bond acceptors (Lipinski definition) is 5. The Hall–Kier alpha value is -1.14. The molecule has 18 heavy (non-hydrogen) atoms. The van der Waals surface area contributed by atoms with E-state index in [9.17, 15) is 4.79 Å². The van der Waals surface area contributed by atoms with E-state index >= 15 is 0 Å². The first-order chi connectivity index (χ1) is 8.74. The molecule has 0 spiro atoms. The van der Waals surface area contributed by atoms with Crippen molar-refractivity contribution < 1.29 is 14.6 Å². The van der Waals surface area contributed by atoms with Crippen molar-refractivity contribution in [2.75, 3.05) is 18.5 Å². The fourth-order valence-electron chi connectivity index (χ4n) is 1.91. The molecule has 0 bridgehead atoms. The van der Waals surface area contributed by atoms with Gasteiger partial charge in [-0.25, -0.2) is 4.98 Å². The Morgan fingerprint density at radius 1 is 1.61 bits per heavy atom. The summed E-state index contributed by atoms with van der Waals surface area (Å²) < 4.78 is 5.62. The van der Waals surface area contributed by atoms with Crippen LogP contribution in [0.25, 0.3) is 0 Å². The SMILES string of the molecule is O=C(O)CCc1csc(NCC2CCCCO2)n1. The maximum absolute atomic E-state index is 10.5. The molecule has 0 saturated carbocycles. The first-order valence-electron chi connectivity index (χ1n) is 6.25. The number of anilines is 1. The zero-order chi connectivity index (χ0) is 12.8. The number of thiazole rings is 1. The van der Waals surface area contributed by atoms with E-state index < -0.39 is 5.97 Å². The molecule has 0 aliphatic carbocycles. The van der Waals surface area contributed by atoms with Crippen molar-refractivity contribution in [3.05, 3.63) is 11.1 Å². The third-order valence-electron chi connectivity index (χ3n) is 2.90. The van der Waals surface area contributed by atoms with E-state index in [-0.39, 0.29) is 12.5 Å². The number of rotatable bonds is 6. The number of aromatic nitrogens is 1. The second kappa shape index (κ2) is 6.70. The van der Waals surface area contributed by atoms with Gasteiger partial charge in [-0.1, -0.05) is 0 Å². The van der Waals surface area contributed by atoms with Gasteiger partial charge < -0.3 is 15.2 Å². The molecule has 1 aliphatic heterocycles. The van der Waals surface area contributed by atoms with Gasteiger partial charge >= 0.3 is 5.97 Å². The number of aryl methyl sites for hydroxylation is 1. The minimum atomic E-state index is -0.784.